The van der Waals surface area contributed by atoms with Gasteiger partial charge in [-0.15, -0.1) is 0 Å². The van der Waals surface area contributed by atoms with E-state index in [4.69, 9.17) is 4.74 Å². The molecule has 0 saturated carbocycles. The lowest BCUT2D eigenvalue weighted by atomic mass is 10.0. The van der Waals surface area contributed by atoms with Crippen LogP contribution < -0.4 is 5.32 Å². The highest BCUT2D eigenvalue weighted by Crippen LogP contribution is 2.19. The number of amidine groups is 1. The summed E-state index contributed by atoms with van der Waals surface area (Å²) in [7, 11) is 0. The molecular formula is C13H18N2O. The molecule has 1 heterocycles. The lowest BCUT2D eigenvalue weighted by molar-refractivity contribution is 0.326. The van der Waals surface area contributed by atoms with Crippen molar-refractivity contribution in [3.05, 3.63) is 34.9 Å². The standard InChI is InChI=1S/C13H18N2O/c1-9-4-5-10(2)12(8-9)11(3)15-13-14-6-7-16-13/h4-5,8,11H,6-7H2,1-3H3,(H,14,15). The van der Waals surface area contributed by atoms with Crippen molar-refractivity contribution in [2.45, 2.75) is 26.8 Å². The number of nitrogens with zero attached hydrogens (tertiary/aromatic N) is 1. The molecule has 1 unspecified atom stereocenters. The molecule has 0 aliphatic carbocycles. The molecular weight excluding hydrogens is 200 g/mol. The fourth-order valence-corrected chi connectivity index (χ4v) is 1.91. The van der Waals surface area contributed by atoms with E-state index in [9.17, 15) is 0 Å². The number of ether oxygens (including phenoxy) is 1. The molecule has 0 spiro atoms. The van der Waals surface area contributed by atoms with Gasteiger partial charge in [0.1, 0.15) is 6.61 Å². The van der Waals surface area contributed by atoms with Crippen LogP contribution in [0.1, 0.15) is 29.7 Å². The maximum atomic E-state index is 5.35. The summed E-state index contributed by atoms with van der Waals surface area (Å²) in [6.45, 7) is 7.83. The third-order valence-electron chi connectivity index (χ3n) is 2.83. The van der Waals surface area contributed by atoms with E-state index in [1.807, 2.05) is 0 Å². The second-order valence-corrected chi connectivity index (χ2v) is 4.26. The number of aliphatic imine (C=N–C) groups is 1. The quantitative estimate of drug-likeness (QED) is 0.826. The SMILES string of the molecule is Cc1ccc(C)c(C(C)NC2=NCCO2)c1. The predicted octanol–water partition coefficient (Wildman–Crippen LogP) is 2.34. The average Bonchev–Trinajstić information content (AvgIpc) is 2.74. The first kappa shape index (κ1) is 11.0. The fraction of sp³-hybridized carbons (Fsp3) is 0.462. The summed E-state index contributed by atoms with van der Waals surface area (Å²) in [5.74, 6) is 0. The van der Waals surface area contributed by atoms with E-state index in [-0.39, 0.29) is 6.04 Å². The maximum Gasteiger partial charge on any atom is 0.285 e. The zero-order valence-corrected chi connectivity index (χ0v) is 10.1. The van der Waals surface area contributed by atoms with Crippen LogP contribution in [-0.4, -0.2) is 19.2 Å². The van der Waals surface area contributed by atoms with Crippen molar-refractivity contribution in [3.63, 3.8) is 0 Å². The minimum atomic E-state index is 0.233. The normalized spacial score (nSPS) is 16.6. The van der Waals surface area contributed by atoms with E-state index < -0.39 is 0 Å². The first-order valence-corrected chi connectivity index (χ1v) is 5.68. The summed E-state index contributed by atoms with van der Waals surface area (Å²) in [6, 6.07) is 7.41. The van der Waals surface area contributed by atoms with Gasteiger partial charge in [0.25, 0.3) is 6.02 Å². The van der Waals surface area contributed by atoms with Crippen molar-refractivity contribution in [2.75, 3.05) is 13.2 Å². The molecule has 16 heavy (non-hydrogen) atoms. The molecule has 1 aromatic carbocycles. The Morgan fingerprint density at radius 1 is 1.38 bits per heavy atom. The van der Waals surface area contributed by atoms with Crippen LogP contribution in [0.5, 0.6) is 0 Å². The van der Waals surface area contributed by atoms with Gasteiger partial charge in [-0.1, -0.05) is 23.8 Å². The third kappa shape index (κ3) is 2.35. The van der Waals surface area contributed by atoms with Gasteiger partial charge in [0.2, 0.25) is 0 Å². The largest absolute Gasteiger partial charge is 0.463 e. The molecule has 1 atom stereocenters. The lowest BCUT2D eigenvalue weighted by Gasteiger charge is -2.17. The van der Waals surface area contributed by atoms with Crippen LogP contribution in [0.4, 0.5) is 0 Å². The summed E-state index contributed by atoms with van der Waals surface area (Å²) >= 11 is 0. The summed E-state index contributed by atoms with van der Waals surface area (Å²) < 4.78 is 5.35. The van der Waals surface area contributed by atoms with E-state index in [0.29, 0.717) is 12.6 Å². The predicted molar refractivity (Wildman–Crippen MR) is 65.7 cm³/mol. The second-order valence-electron chi connectivity index (χ2n) is 4.26. The molecule has 0 bridgehead atoms. The van der Waals surface area contributed by atoms with Crippen LogP contribution in [0.3, 0.4) is 0 Å². The Hall–Kier alpha value is -1.51. The topological polar surface area (TPSA) is 33.6 Å². The maximum absolute atomic E-state index is 5.35. The Kier molecular flexibility index (Phi) is 3.13. The van der Waals surface area contributed by atoms with Gasteiger partial charge in [0, 0.05) is 0 Å². The van der Waals surface area contributed by atoms with Crippen LogP contribution in [0.2, 0.25) is 0 Å². The minimum Gasteiger partial charge on any atom is -0.463 e. The van der Waals surface area contributed by atoms with Crippen molar-refractivity contribution >= 4 is 6.02 Å². The van der Waals surface area contributed by atoms with Gasteiger partial charge in [0.15, 0.2) is 0 Å². The van der Waals surface area contributed by atoms with Crippen molar-refractivity contribution in [3.8, 4) is 0 Å². The minimum absolute atomic E-state index is 0.233. The van der Waals surface area contributed by atoms with Gasteiger partial charge in [-0.2, -0.15) is 0 Å². The van der Waals surface area contributed by atoms with E-state index >= 15 is 0 Å². The fourth-order valence-electron chi connectivity index (χ4n) is 1.91. The van der Waals surface area contributed by atoms with E-state index in [2.05, 4.69) is 49.3 Å². The molecule has 1 N–H and O–H groups in total. The highest BCUT2D eigenvalue weighted by Gasteiger charge is 2.13. The van der Waals surface area contributed by atoms with Gasteiger partial charge in [-0.25, -0.2) is 4.99 Å². The molecule has 86 valence electrons. The molecule has 2 rings (SSSR count). The Morgan fingerprint density at radius 2 is 2.19 bits per heavy atom. The molecule has 1 aromatic rings. The van der Waals surface area contributed by atoms with Crippen molar-refractivity contribution in [2.24, 2.45) is 4.99 Å². The van der Waals surface area contributed by atoms with Crippen LogP contribution >= 0.6 is 0 Å². The van der Waals surface area contributed by atoms with Gasteiger partial charge in [-0.05, 0) is 31.9 Å². The van der Waals surface area contributed by atoms with Crippen LogP contribution in [0, 0.1) is 13.8 Å². The summed E-state index contributed by atoms with van der Waals surface area (Å²) in [6.07, 6.45) is 0. The lowest BCUT2D eigenvalue weighted by Crippen LogP contribution is -2.27. The summed E-state index contributed by atoms with van der Waals surface area (Å²) in [5.41, 5.74) is 3.88. The molecule has 1 aliphatic rings. The van der Waals surface area contributed by atoms with Gasteiger partial charge < -0.3 is 10.1 Å². The molecule has 0 fully saturated rings. The second kappa shape index (κ2) is 4.56. The van der Waals surface area contributed by atoms with Gasteiger partial charge in [-0.3, -0.25) is 0 Å². The first-order valence-electron chi connectivity index (χ1n) is 5.68. The smallest absolute Gasteiger partial charge is 0.285 e. The number of aryl methyl sites for hydroxylation is 2. The summed E-state index contributed by atoms with van der Waals surface area (Å²) in [5, 5.41) is 3.29. The van der Waals surface area contributed by atoms with E-state index in [1.165, 1.54) is 16.7 Å². The van der Waals surface area contributed by atoms with Crippen molar-refractivity contribution < 1.29 is 4.74 Å². The monoisotopic (exact) mass is 218 g/mol. The highest BCUT2D eigenvalue weighted by atomic mass is 16.5. The van der Waals surface area contributed by atoms with Crippen LogP contribution in [0.25, 0.3) is 0 Å². The van der Waals surface area contributed by atoms with Crippen LogP contribution in [-0.2, 0) is 4.74 Å². The molecule has 3 nitrogen and oxygen atoms in total. The Labute approximate surface area is 96.5 Å². The molecule has 0 amide bonds. The summed E-state index contributed by atoms with van der Waals surface area (Å²) in [4.78, 5) is 4.24. The number of nitrogens with one attached hydrogen (secondary N) is 1. The number of hydrogen-bond acceptors (Lipinski definition) is 3. The molecule has 3 heteroatoms. The van der Waals surface area contributed by atoms with E-state index in [0.717, 1.165) is 6.54 Å². The Balaban J connectivity index is 2.13. The van der Waals surface area contributed by atoms with Gasteiger partial charge in [0.05, 0.1) is 12.6 Å². The van der Waals surface area contributed by atoms with Crippen LogP contribution in [0.15, 0.2) is 23.2 Å². The van der Waals surface area contributed by atoms with Crippen molar-refractivity contribution in [1.82, 2.24) is 5.32 Å². The third-order valence-corrected chi connectivity index (χ3v) is 2.83. The number of rotatable bonds is 2. The van der Waals surface area contributed by atoms with E-state index in [1.54, 1.807) is 0 Å². The average molecular weight is 218 g/mol. The molecule has 1 aliphatic heterocycles. The zero-order valence-electron chi connectivity index (χ0n) is 10.1. The first-order chi connectivity index (χ1) is 7.66. The molecule has 0 radical (unpaired) electrons. The number of benzene rings is 1. The zero-order chi connectivity index (χ0) is 11.5. The Bertz CT molecular complexity index is 412. The molecule has 0 saturated heterocycles. The Morgan fingerprint density at radius 3 is 2.88 bits per heavy atom. The van der Waals surface area contributed by atoms with Crippen molar-refractivity contribution in [1.29, 1.82) is 0 Å². The molecule has 0 aromatic heterocycles. The highest BCUT2D eigenvalue weighted by molar-refractivity contribution is 5.75. The van der Waals surface area contributed by atoms with Gasteiger partial charge >= 0.3 is 0 Å². The number of hydrogen-bond donors (Lipinski definition) is 1.